The van der Waals surface area contributed by atoms with Crippen molar-refractivity contribution in [1.82, 2.24) is 0 Å². The van der Waals surface area contributed by atoms with Crippen LogP contribution in [0.15, 0.2) is 12.1 Å². The summed E-state index contributed by atoms with van der Waals surface area (Å²) in [6.07, 6.45) is -3.95. The molecule has 2 rings (SSSR count). The maximum absolute atomic E-state index is 13.0. The molecule has 6 heteroatoms. The van der Waals surface area contributed by atoms with Crippen molar-refractivity contribution in [1.29, 1.82) is 0 Å². The summed E-state index contributed by atoms with van der Waals surface area (Å²) in [6, 6.07) is 2.10. The Labute approximate surface area is 102 Å². The predicted molar refractivity (Wildman–Crippen MR) is 57.7 cm³/mol. The molecule has 0 atom stereocenters. The van der Waals surface area contributed by atoms with Crippen LogP contribution in [-0.2, 0) is 11.8 Å². The number of hydrogen-bond donors (Lipinski definition) is 1. The summed E-state index contributed by atoms with van der Waals surface area (Å²) < 4.78 is 48.8. The summed E-state index contributed by atoms with van der Waals surface area (Å²) in [4.78, 5) is 0. The minimum absolute atomic E-state index is 0.0488. The molecule has 0 unspecified atom stereocenters. The molecule has 0 aliphatic heterocycles. The van der Waals surface area contributed by atoms with Crippen molar-refractivity contribution in [2.75, 3.05) is 14.2 Å². The summed E-state index contributed by atoms with van der Waals surface area (Å²) >= 11 is 0. The summed E-state index contributed by atoms with van der Waals surface area (Å²) in [5.74, 6) is 0.133. The summed E-state index contributed by atoms with van der Waals surface area (Å²) in [5, 5.41) is 10.0. The first-order chi connectivity index (χ1) is 8.33. The third-order valence-electron chi connectivity index (χ3n) is 3.04. The average molecular weight is 262 g/mol. The molecule has 18 heavy (non-hydrogen) atoms. The van der Waals surface area contributed by atoms with Crippen molar-refractivity contribution in [3.05, 3.63) is 23.3 Å². The molecule has 1 saturated carbocycles. The average Bonchev–Trinajstić information content (AvgIpc) is 3.05. The fourth-order valence-electron chi connectivity index (χ4n) is 1.99. The normalized spacial score (nSPS) is 17.4. The van der Waals surface area contributed by atoms with Crippen molar-refractivity contribution >= 4 is 0 Å². The van der Waals surface area contributed by atoms with Gasteiger partial charge < -0.3 is 14.6 Å². The molecule has 3 nitrogen and oxygen atoms in total. The van der Waals surface area contributed by atoms with Gasteiger partial charge >= 0.3 is 6.18 Å². The van der Waals surface area contributed by atoms with Crippen LogP contribution >= 0.6 is 0 Å². The van der Waals surface area contributed by atoms with Gasteiger partial charge in [0.15, 0.2) is 11.5 Å². The molecule has 0 saturated heterocycles. The van der Waals surface area contributed by atoms with Crippen molar-refractivity contribution in [2.45, 2.75) is 24.6 Å². The predicted octanol–water partition coefficient (Wildman–Crippen LogP) is 2.70. The first-order valence-corrected chi connectivity index (χ1v) is 5.38. The molecule has 0 amide bonds. The monoisotopic (exact) mass is 262 g/mol. The highest BCUT2D eigenvalue weighted by molar-refractivity contribution is 5.56. The molecule has 1 aliphatic carbocycles. The Morgan fingerprint density at radius 3 is 2.17 bits per heavy atom. The topological polar surface area (TPSA) is 38.7 Å². The first kappa shape index (κ1) is 13.0. The Morgan fingerprint density at radius 1 is 1.17 bits per heavy atom. The van der Waals surface area contributed by atoms with Gasteiger partial charge in [0.25, 0.3) is 0 Å². The Balaban J connectivity index is 2.69. The standard InChI is InChI=1S/C12H13F3O3/c1-17-8-4-3-7(12(13,14)15)9(10(8)18-2)11(16)5-6-11/h3-4,16H,5-6H2,1-2H3. The number of ether oxygens (including phenoxy) is 2. The smallest absolute Gasteiger partial charge is 0.416 e. The SMILES string of the molecule is COc1ccc(C(F)(F)F)c(C2(O)CC2)c1OC. The van der Waals surface area contributed by atoms with Gasteiger partial charge in [0, 0.05) is 5.56 Å². The van der Waals surface area contributed by atoms with E-state index in [0.29, 0.717) is 12.8 Å². The van der Waals surface area contributed by atoms with E-state index >= 15 is 0 Å². The van der Waals surface area contributed by atoms with Gasteiger partial charge in [0.2, 0.25) is 0 Å². The Kier molecular flexibility index (Phi) is 2.93. The van der Waals surface area contributed by atoms with Crippen LogP contribution in [0.4, 0.5) is 13.2 Å². The van der Waals surface area contributed by atoms with Crippen molar-refractivity contribution in [3.8, 4) is 11.5 Å². The van der Waals surface area contributed by atoms with Gasteiger partial charge in [-0.25, -0.2) is 0 Å². The van der Waals surface area contributed by atoms with Gasteiger partial charge in [-0.15, -0.1) is 0 Å². The summed E-state index contributed by atoms with van der Waals surface area (Å²) in [6.45, 7) is 0. The van der Waals surface area contributed by atoms with E-state index in [1.165, 1.54) is 20.3 Å². The minimum atomic E-state index is -4.53. The largest absolute Gasteiger partial charge is 0.493 e. The van der Waals surface area contributed by atoms with Crippen molar-refractivity contribution < 1.29 is 27.8 Å². The highest BCUT2D eigenvalue weighted by atomic mass is 19.4. The molecule has 0 bridgehead atoms. The van der Waals surface area contributed by atoms with Gasteiger partial charge in [-0.05, 0) is 25.0 Å². The molecule has 1 fully saturated rings. The number of benzene rings is 1. The molecule has 100 valence electrons. The van der Waals surface area contributed by atoms with Gasteiger partial charge in [-0.1, -0.05) is 0 Å². The second-order valence-electron chi connectivity index (χ2n) is 4.25. The van der Waals surface area contributed by atoms with Gasteiger partial charge in [0.1, 0.15) is 0 Å². The lowest BCUT2D eigenvalue weighted by molar-refractivity contribution is -0.139. The van der Waals surface area contributed by atoms with E-state index in [1.54, 1.807) is 0 Å². The summed E-state index contributed by atoms with van der Waals surface area (Å²) in [7, 11) is 2.60. The maximum atomic E-state index is 13.0. The van der Waals surface area contributed by atoms with E-state index in [2.05, 4.69) is 0 Å². The number of methoxy groups -OCH3 is 2. The Morgan fingerprint density at radius 2 is 1.78 bits per heavy atom. The fraction of sp³-hybridized carbons (Fsp3) is 0.500. The van der Waals surface area contributed by atoms with E-state index in [4.69, 9.17) is 9.47 Å². The second kappa shape index (κ2) is 4.05. The minimum Gasteiger partial charge on any atom is -0.493 e. The van der Waals surface area contributed by atoms with Crippen LogP contribution in [0.3, 0.4) is 0 Å². The van der Waals surface area contributed by atoms with Crippen LogP contribution in [-0.4, -0.2) is 19.3 Å². The number of halogens is 3. The van der Waals surface area contributed by atoms with Gasteiger partial charge in [-0.3, -0.25) is 0 Å². The molecule has 0 radical (unpaired) electrons. The Hall–Kier alpha value is -1.43. The lowest BCUT2D eigenvalue weighted by atomic mass is 9.98. The molecule has 1 aromatic carbocycles. The van der Waals surface area contributed by atoms with E-state index in [-0.39, 0.29) is 17.1 Å². The molecular formula is C12H13F3O3. The van der Waals surface area contributed by atoms with E-state index in [1.807, 2.05) is 0 Å². The fourth-order valence-corrected chi connectivity index (χ4v) is 1.99. The van der Waals surface area contributed by atoms with E-state index < -0.39 is 17.3 Å². The lowest BCUT2D eigenvalue weighted by Crippen LogP contribution is -2.17. The van der Waals surface area contributed by atoms with Gasteiger partial charge in [0.05, 0.1) is 25.4 Å². The van der Waals surface area contributed by atoms with Crippen LogP contribution in [0.25, 0.3) is 0 Å². The molecule has 1 aromatic rings. The van der Waals surface area contributed by atoms with Crippen molar-refractivity contribution in [3.63, 3.8) is 0 Å². The third-order valence-corrected chi connectivity index (χ3v) is 3.04. The number of hydrogen-bond acceptors (Lipinski definition) is 3. The summed E-state index contributed by atoms with van der Waals surface area (Å²) in [5.41, 5.74) is -2.55. The zero-order valence-electron chi connectivity index (χ0n) is 9.97. The second-order valence-corrected chi connectivity index (χ2v) is 4.25. The molecule has 1 N–H and O–H groups in total. The quantitative estimate of drug-likeness (QED) is 0.910. The van der Waals surface area contributed by atoms with Crippen LogP contribution in [0.5, 0.6) is 11.5 Å². The van der Waals surface area contributed by atoms with E-state index in [9.17, 15) is 18.3 Å². The number of rotatable bonds is 3. The Bertz CT molecular complexity index is 464. The van der Waals surface area contributed by atoms with E-state index in [0.717, 1.165) is 6.07 Å². The highest BCUT2D eigenvalue weighted by Gasteiger charge is 2.50. The van der Waals surface area contributed by atoms with Crippen molar-refractivity contribution in [2.24, 2.45) is 0 Å². The zero-order chi connectivity index (χ0) is 13.6. The molecule has 0 spiro atoms. The first-order valence-electron chi connectivity index (χ1n) is 5.38. The lowest BCUT2D eigenvalue weighted by Gasteiger charge is -2.21. The highest BCUT2D eigenvalue weighted by Crippen LogP contribution is 2.55. The molecule has 1 aliphatic rings. The maximum Gasteiger partial charge on any atom is 0.416 e. The molecular weight excluding hydrogens is 249 g/mol. The molecule has 0 heterocycles. The van der Waals surface area contributed by atoms with Crippen LogP contribution in [0.1, 0.15) is 24.0 Å². The van der Waals surface area contributed by atoms with Crippen LogP contribution in [0.2, 0.25) is 0 Å². The van der Waals surface area contributed by atoms with Gasteiger partial charge in [-0.2, -0.15) is 13.2 Å². The number of alkyl halides is 3. The third kappa shape index (κ3) is 2.01. The van der Waals surface area contributed by atoms with Crippen LogP contribution in [0, 0.1) is 0 Å². The molecule has 0 aromatic heterocycles. The number of aliphatic hydroxyl groups is 1. The zero-order valence-corrected chi connectivity index (χ0v) is 9.97. The van der Waals surface area contributed by atoms with Crippen LogP contribution < -0.4 is 9.47 Å².